The smallest absolute Gasteiger partial charge is 0.423 e. The zero-order valence-corrected chi connectivity index (χ0v) is 8.08. The average molecular weight is 204 g/mol. The molecular formula is C9H9BN2O3. The molecule has 15 heavy (non-hydrogen) atoms. The van der Waals surface area contributed by atoms with Crippen molar-refractivity contribution in [1.82, 2.24) is 4.90 Å². The molecule has 0 atom stereocenters. The lowest BCUT2D eigenvalue weighted by molar-refractivity contribution is 0.0858. The maximum atomic E-state index is 11.4. The molecule has 2 N–H and O–H groups in total. The van der Waals surface area contributed by atoms with Crippen LogP contribution in [0, 0.1) is 11.5 Å². The fourth-order valence-electron chi connectivity index (χ4n) is 1.04. The van der Waals surface area contributed by atoms with Crippen LogP contribution in [0.5, 0.6) is 0 Å². The Morgan fingerprint density at radius 1 is 1.40 bits per heavy atom. The van der Waals surface area contributed by atoms with Gasteiger partial charge in [-0.2, -0.15) is 5.26 Å². The van der Waals surface area contributed by atoms with Crippen molar-refractivity contribution in [3.63, 3.8) is 0 Å². The van der Waals surface area contributed by atoms with Crippen molar-refractivity contribution >= 4 is 18.5 Å². The van der Waals surface area contributed by atoms with Crippen molar-refractivity contribution in [1.29, 1.82) is 5.26 Å². The Morgan fingerprint density at radius 3 is 2.33 bits per heavy atom. The fraction of sp³-hybridized carbons (Fsp3) is 0.111. The van der Waals surface area contributed by atoms with Gasteiger partial charge in [-0.05, 0) is 17.6 Å². The highest BCUT2D eigenvalue weighted by atomic mass is 16.4. The Morgan fingerprint density at radius 2 is 1.93 bits per heavy atom. The van der Waals surface area contributed by atoms with E-state index in [0.717, 1.165) is 4.90 Å². The van der Waals surface area contributed by atoms with Gasteiger partial charge in [0.15, 0.2) is 6.19 Å². The molecule has 76 valence electrons. The molecule has 0 aliphatic rings. The first kappa shape index (κ1) is 11.2. The molecule has 5 nitrogen and oxygen atoms in total. The van der Waals surface area contributed by atoms with Gasteiger partial charge in [0.05, 0.1) is 0 Å². The first-order valence-corrected chi connectivity index (χ1v) is 4.20. The molecule has 1 amide bonds. The maximum absolute atomic E-state index is 11.4. The predicted octanol–water partition coefficient (Wildman–Crippen LogP) is -1.08. The predicted molar refractivity (Wildman–Crippen MR) is 54.0 cm³/mol. The van der Waals surface area contributed by atoms with Crippen molar-refractivity contribution in [2.24, 2.45) is 0 Å². The number of hydrogen-bond acceptors (Lipinski definition) is 4. The summed E-state index contributed by atoms with van der Waals surface area (Å²) in [5.41, 5.74) is 0.620. The van der Waals surface area contributed by atoms with E-state index in [1.165, 1.54) is 31.3 Å². The number of hydrogen-bond donors (Lipinski definition) is 2. The average Bonchev–Trinajstić information content (AvgIpc) is 2.27. The highest BCUT2D eigenvalue weighted by Gasteiger charge is 2.14. The lowest BCUT2D eigenvalue weighted by atomic mass is 9.80. The topological polar surface area (TPSA) is 84.6 Å². The summed E-state index contributed by atoms with van der Waals surface area (Å²) >= 11 is 0. The molecule has 0 fully saturated rings. The number of nitrogens with zero attached hydrogens (tertiary/aromatic N) is 2. The van der Waals surface area contributed by atoms with Gasteiger partial charge in [0.1, 0.15) is 0 Å². The van der Waals surface area contributed by atoms with Crippen LogP contribution >= 0.6 is 0 Å². The summed E-state index contributed by atoms with van der Waals surface area (Å²) < 4.78 is 0. The van der Waals surface area contributed by atoms with Gasteiger partial charge in [0, 0.05) is 12.6 Å². The van der Waals surface area contributed by atoms with Crippen LogP contribution in [0.15, 0.2) is 24.3 Å². The Kier molecular flexibility index (Phi) is 3.44. The van der Waals surface area contributed by atoms with Crippen LogP contribution in [-0.4, -0.2) is 35.0 Å². The molecule has 0 aromatic heterocycles. The van der Waals surface area contributed by atoms with Gasteiger partial charge in [-0.1, -0.05) is 12.1 Å². The summed E-state index contributed by atoms with van der Waals surface area (Å²) in [4.78, 5) is 12.3. The maximum Gasteiger partial charge on any atom is 0.488 e. The van der Waals surface area contributed by atoms with Gasteiger partial charge in [-0.3, -0.25) is 4.79 Å². The highest BCUT2D eigenvalue weighted by Crippen LogP contribution is 2.01. The minimum atomic E-state index is -1.55. The van der Waals surface area contributed by atoms with Gasteiger partial charge in [-0.25, -0.2) is 4.90 Å². The van der Waals surface area contributed by atoms with Gasteiger partial charge >= 0.3 is 7.12 Å². The Hall–Kier alpha value is -1.84. The minimum absolute atomic E-state index is 0.297. The zero-order chi connectivity index (χ0) is 11.4. The Bertz CT molecular complexity index is 397. The van der Waals surface area contributed by atoms with Gasteiger partial charge in [-0.15, -0.1) is 0 Å². The molecule has 0 saturated carbocycles. The van der Waals surface area contributed by atoms with Crippen LogP contribution in [0.4, 0.5) is 0 Å². The number of carbonyl (C=O) groups is 1. The van der Waals surface area contributed by atoms with Crippen LogP contribution in [0.2, 0.25) is 0 Å². The van der Waals surface area contributed by atoms with E-state index in [9.17, 15) is 4.79 Å². The molecule has 0 radical (unpaired) electrons. The summed E-state index contributed by atoms with van der Waals surface area (Å²) in [6, 6.07) is 5.71. The lowest BCUT2D eigenvalue weighted by Gasteiger charge is -2.07. The molecule has 1 aromatic rings. The number of benzene rings is 1. The Labute approximate surface area is 87.3 Å². The number of rotatable bonds is 2. The quantitative estimate of drug-likeness (QED) is 0.364. The van der Waals surface area contributed by atoms with Crippen LogP contribution in [0.3, 0.4) is 0 Å². The standard InChI is InChI=1S/C9H9BN2O3/c1-12(6-11)9(13)7-2-4-8(5-3-7)10(14)15/h2-5,14-15H,1H3. The van der Waals surface area contributed by atoms with Crippen molar-refractivity contribution in [2.45, 2.75) is 0 Å². The van der Waals surface area contributed by atoms with E-state index >= 15 is 0 Å². The summed E-state index contributed by atoms with van der Waals surface area (Å²) in [6.07, 6.45) is 1.69. The van der Waals surface area contributed by atoms with Crippen molar-refractivity contribution in [3.8, 4) is 6.19 Å². The third-order valence-corrected chi connectivity index (χ3v) is 1.91. The van der Waals surface area contributed by atoms with Crippen LogP contribution in [0.1, 0.15) is 10.4 Å². The van der Waals surface area contributed by atoms with Crippen LogP contribution in [0.25, 0.3) is 0 Å². The van der Waals surface area contributed by atoms with E-state index < -0.39 is 13.0 Å². The van der Waals surface area contributed by atoms with E-state index in [1.807, 2.05) is 0 Å². The molecule has 0 aliphatic heterocycles. The SMILES string of the molecule is CN(C#N)C(=O)c1ccc(B(O)O)cc1. The molecule has 1 rings (SSSR count). The van der Waals surface area contributed by atoms with Gasteiger partial charge in [0.2, 0.25) is 0 Å². The van der Waals surface area contributed by atoms with Crippen molar-refractivity contribution < 1.29 is 14.8 Å². The molecule has 1 aromatic carbocycles. The second-order valence-electron chi connectivity index (χ2n) is 2.96. The van der Waals surface area contributed by atoms with Crippen molar-refractivity contribution in [3.05, 3.63) is 29.8 Å². The summed E-state index contributed by atoms with van der Waals surface area (Å²) in [7, 11) is -0.195. The minimum Gasteiger partial charge on any atom is -0.423 e. The first-order chi connectivity index (χ1) is 7.06. The van der Waals surface area contributed by atoms with E-state index in [2.05, 4.69) is 0 Å². The van der Waals surface area contributed by atoms with Crippen molar-refractivity contribution in [2.75, 3.05) is 7.05 Å². The van der Waals surface area contributed by atoms with Crippen LogP contribution in [-0.2, 0) is 0 Å². The van der Waals surface area contributed by atoms with E-state index in [0.29, 0.717) is 11.0 Å². The number of amides is 1. The van der Waals surface area contributed by atoms with Gasteiger partial charge in [0.25, 0.3) is 5.91 Å². The van der Waals surface area contributed by atoms with Crippen LogP contribution < -0.4 is 5.46 Å². The second-order valence-corrected chi connectivity index (χ2v) is 2.96. The molecule has 0 spiro atoms. The molecule has 0 unspecified atom stereocenters. The molecule has 0 aliphatic carbocycles. The molecule has 0 heterocycles. The zero-order valence-electron chi connectivity index (χ0n) is 8.08. The molecule has 0 bridgehead atoms. The van der Waals surface area contributed by atoms with E-state index in [1.54, 1.807) is 6.19 Å². The largest absolute Gasteiger partial charge is 0.488 e. The normalized spacial score (nSPS) is 9.20. The van der Waals surface area contributed by atoms with E-state index in [-0.39, 0.29) is 0 Å². The molecular weight excluding hydrogens is 195 g/mol. The molecule has 6 heteroatoms. The summed E-state index contributed by atoms with van der Waals surface area (Å²) in [5, 5.41) is 26.1. The fourth-order valence-corrected chi connectivity index (χ4v) is 1.04. The molecule has 0 saturated heterocycles. The monoisotopic (exact) mass is 204 g/mol. The summed E-state index contributed by atoms with van der Waals surface area (Å²) in [5.74, 6) is -0.434. The third-order valence-electron chi connectivity index (χ3n) is 1.91. The first-order valence-electron chi connectivity index (χ1n) is 4.20. The number of nitriles is 1. The third kappa shape index (κ3) is 2.56. The van der Waals surface area contributed by atoms with Gasteiger partial charge < -0.3 is 10.0 Å². The second kappa shape index (κ2) is 4.60. The lowest BCUT2D eigenvalue weighted by Crippen LogP contribution is -2.30. The Balaban J connectivity index is 2.90. The number of carbonyl (C=O) groups excluding carboxylic acids is 1. The van der Waals surface area contributed by atoms with E-state index in [4.69, 9.17) is 15.3 Å². The summed E-state index contributed by atoms with van der Waals surface area (Å²) in [6.45, 7) is 0. The highest BCUT2D eigenvalue weighted by molar-refractivity contribution is 6.58.